The van der Waals surface area contributed by atoms with E-state index in [1.54, 1.807) is 6.07 Å². The fourth-order valence-electron chi connectivity index (χ4n) is 2.53. The Kier molecular flexibility index (Phi) is 6.33. The molecule has 0 radical (unpaired) electrons. The van der Waals surface area contributed by atoms with Gasteiger partial charge in [-0.25, -0.2) is 0 Å². The van der Waals surface area contributed by atoms with E-state index in [-0.39, 0.29) is 31.9 Å². The van der Waals surface area contributed by atoms with Gasteiger partial charge in [0.1, 0.15) is 6.54 Å². The standard InChI is InChI=1S/C18H10Cl4N2O5/c19-8-1-2-11(20)14(3-8)23-15(25)7-29-16(26)6-24-17(27)9-4-12(21)13(22)5-10(9)18(24)28/h1-5H,6-7H2,(H,23,25). The van der Waals surface area contributed by atoms with Crippen molar-refractivity contribution in [3.63, 3.8) is 0 Å². The number of halogens is 4. The molecule has 0 spiro atoms. The molecule has 2 aromatic carbocycles. The summed E-state index contributed by atoms with van der Waals surface area (Å²) in [6.07, 6.45) is 0. The number of hydrogen-bond donors (Lipinski definition) is 1. The van der Waals surface area contributed by atoms with Crippen LogP contribution in [-0.2, 0) is 14.3 Å². The van der Waals surface area contributed by atoms with Crippen molar-refractivity contribution >= 4 is 75.8 Å². The topological polar surface area (TPSA) is 92.8 Å². The van der Waals surface area contributed by atoms with Gasteiger partial charge in [-0.05, 0) is 30.3 Å². The van der Waals surface area contributed by atoms with Gasteiger partial charge >= 0.3 is 5.97 Å². The molecule has 0 unspecified atom stereocenters. The van der Waals surface area contributed by atoms with Crippen molar-refractivity contribution in [2.45, 2.75) is 0 Å². The normalized spacial score (nSPS) is 12.8. The predicted molar refractivity (Wildman–Crippen MR) is 108 cm³/mol. The second kappa shape index (κ2) is 8.59. The maximum absolute atomic E-state index is 12.3. The molecule has 2 aromatic rings. The molecule has 1 heterocycles. The molecular weight excluding hydrogens is 466 g/mol. The van der Waals surface area contributed by atoms with E-state index in [1.165, 1.54) is 24.3 Å². The van der Waals surface area contributed by atoms with Crippen LogP contribution in [0.25, 0.3) is 0 Å². The van der Waals surface area contributed by atoms with E-state index < -0.39 is 36.8 Å². The Morgan fingerprint density at radius 2 is 1.48 bits per heavy atom. The monoisotopic (exact) mass is 474 g/mol. The molecule has 1 aliphatic heterocycles. The zero-order valence-electron chi connectivity index (χ0n) is 14.3. The number of imide groups is 1. The first-order chi connectivity index (χ1) is 13.7. The average molecular weight is 476 g/mol. The number of fused-ring (bicyclic) bond motifs is 1. The summed E-state index contributed by atoms with van der Waals surface area (Å²) in [6, 6.07) is 6.98. The zero-order valence-corrected chi connectivity index (χ0v) is 17.3. The van der Waals surface area contributed by atoms with Crippen LogP contribution in [0.2, 0.25) is 20.1 Å². The van der Waals surface area contributed by atoms with Gasteiger partial charge in [-0.2, -0.15) is 0 Å². The van der Waals surface area contributed by atoms with Crippen molar-refractivity contribution in [3.8, 4) is 0 Å². The molecular formula is C18H10Cl4N2O5. The van der Waals surface area contributed by atoms with Gasteiger partial charge in [0.05, 0.1) is 31.9 Å². The molecule has 1 aliphatic rings. The first-order valence-corrected chi connectivity index (χ1v) is 9.44. The number of hydrogen-bond acceptors (Lipinski definition) is 5. The highest BCUT2D eigenvalue weighted by Crippen LogP contribution is 2.31. The van der Waals surface area contributed by atoms with Gasteiger partial charge < -0.3 is 10.1 Å². The van der Waals surface area contributed by atoms with Gasteiger partial charge in [0.2, 0.25) is 0 Å². The van der Waals surface area contributed by atoms with Gasteiger partial charge in [-0.1, -0.05) is 46.4 Å². The average Bonchev–Trinajstić information content (AvgIpc) is 2.88. The van der Waals surface area contributed by atoms with Crippen molar-refractivity contribution in [2.75, 3.05) is 18.5 Å². The van der Waals surface area contributed by atoms with E-state index in [0.29, 0.717) is 9.92 Å². The van der Waals surface area contributed by atoms with Crippen LogP contribution in [0.3, 0.4) is 0 Å². The highest BCUT2D eigenvalue weighted by molar-refractivity contribution is 6.43. The van der Waals surface area contributed by atoms with E-state index in [1.807, 2.05) is 0 Å². The third kappa shape index (κ3) is 4.64. The molecule has 29 heavy (non-hydrogen) atoms. The minimum atomic E-state index is -0.955. The molecule has 1 N–H and O–H groups in total. The summed E-state index contributed by atoms with van der Waals surface area (Å²) in [5.41, 5.74) is 0.311. The summed E-state index contributed by atoms with van der Waals surface area (Å²) in [5.74, 6) is -3.06. The highest BCUT2D eigenvalue weighted by Gasteiger charge is 2.37. The third-order valence-electron chi connectivity index (χ3n) is 3.87. The molecule has 150 valence electrons. The Hall–Kier alpha value is -2.32. The van der Waals surface area contributed by atoms with Crippen molar-refractivity contribution in [1.29, 1.82) is 0 Å². The second-order valence-electron chi connectivity index (χ2n) is 5.84. The molecule has 0 saturated carbocycles. The van der Waals surface area contributed by atoms with Crippen LogP contribution < -0.4 is 5.32 Å². The second-order valence-corrected chi connectivity index (χ2v) is 7.50. The van der Waals surface area contributed by atoms with Gasteiger partial charge in [0, 0.05) is 5.02 Å². The molecule has 0 saturated heterocycles. The zero-order chi connectivity index (χ0) is 21.3. The van der Waals surface area contributed by atoms with E-state index in [4.69, 9.17) is 51.1 Å². The lowest BCUT2D eigenvalue weighted by atomic mass is 10.1. The summed E-state index contributed by atoms with van der Waals surface area (Å²) < 4.78 is 4.83. The molecule has 3 rings (SSSR count). The minimum Gasteiger partial charge on any atom is -0.454 e. The lowest BCUT2D eigenvalue weighted by Gasteiger charge is -2.13. The number of ether oxygens (including phenoxy) is 1. The molecule has 0 fully saturated rings. The molecule has 3 amide bonds. The molecule has 11 heteroatoms. The van der Waals surface area contributed by atoms with Crippen molar-refractivity contribution in [2.24, 2.45) is 0 Å². The lowest BCUT2D eigenvalue weighted by molar-refractivity contribution is -0.147. The molecule has 0 bridgehead atoms. The van der Waals surface area contributed by atoms with Crippen LogP contribution in [0.15, 0.2) is 30.3 Å². The van der Waals surface area contributed by atoms with E-state index in [2.05, 4.69) is 5.32 Å². The number of benzene rings is 2. The number of rotatable bonds is 5. The van der Waals surface area contributed by atoms with E-state index in [9.17, 15) is 19.2 Å². The van der Waals surface area contributed by atoms with Crippen LogP contribution in [0.4, 0.5) is 5.69 Å². The Morgan fingerprint density at radius 3 is 2.07 bits per heavy atom. The van der Waals surface area contributed by atoms with Gasteiger partial charge in [0.25, 0.3) is 17.7 Å². The van der Waals surface area contributed by atoms with Gasteiger partial charge in [-0.15, -0.1) is 0 Å². The van der Waals surface area contributed by atoms with Crippen LogP contribution in [0, 0.1) is 0 Å². The molecule has 0 atom stereocenters. The molecule has 7 nitrogen and oxygen atoms in total. The Bertz CT molecular complexity index is 1020. The number of esters is 1. The van der Waals surface area contributed by atoms with Crippen molar-refractivity contribution in [1.82, 2.24) is 4.90 Å². The Balaban J connectivity index is 1.58. The molecule has 0 aromatic heterocycles. The lowest BCUT2D eigenvalue weighted by Crippen LogP contribution is -2.36. The van der Waals surface area contributed by atoms with Crippen LogP contribution >= 0.6 is 46.4 Å². The van der Waals surface area contributed by atoms with Gasteiger partial charge in [-0.3, -0.25) is 24.1 Å². The minimum absolute atomic E-state index is 0.0329. The first kappa shape index (κ1) is 21.4. The number of anilines is 1. The van der Waals surface area contributed by atoms with Crippen LogP contribution in [0.5, 0.6) is 0 Å². The van der Waals surface area contributed by atoms with E-state index in [0.717, 1.165) is 0 Å². The maximum atomic E-state index is 12.3. The summed E-state index contributed by atoms with van der Waals surface area (Å²) in [4.78, 5) is 49.3. The van der Waals surface area contributed by atoms with Crippen molar-refractivity contribution in [3.05, 3.63) is 61.5 Å². The number of amides is 3. The number of carbonyl (C=O) groups excluding carboxylic acids is 4. The number of nitrogens with zero attached hydrogens (tertiary/aromatic N) is 1. The van der Waals surface area contributed by atoms with Gasteiger partial charge in [0.15, 0.2) is 6.61 Å². The highest BCUT2D eigenvalue weighted by atomic mass is 35.5. The first-order valence-electron chi connectivity index (χ1n) is 7.93. The number of carbonyl (C=O) groups is 4. The van der Waals surface area contributed by atoms with E-state index >= 15 is 0 Å². The number of nitrogens with one attached hydrogen (secondary N) is 1. The summed E-state index contributed by atoms with van der Waals surface area (Å²) >= 11 is 23.5. The molecule has 0 aliphatic carbocycles. The fourth-order valence-corrected chi connectivity index (χ4v) is 3.19. The van der Waals surface area contributed by atoms with Crippen LogP contribution in [-0.4, -0.2) is 41.7 Å². The maximum Gasteiger partial charge on any atom is 0.326 e. The largest absolute Gasteiger partial charge is 0.454 e. The Labute approximate surface area is 184 Å². The summed E-state index contributed by atoms with van der Waals surface area (Å²) in [5, 5.41) is 3.24. The SMILES string of the molecule is O=C(COC(=O)CN1C(=O)c2cc(Cl)c(Cl)cc2C1=O)Nc1cc(Cl)ccc1Cl. The van der Waals surface area contributed by atoms with Crippen molar-refractivity contribution < 1.29 is 23.9 Å². The quantitative estimate of drug-likeness (QED) is 0.519. The summed E-state index contributed by atoms with van der Waals surface area (Å²) in [6.45, 7) is -1.32. The smallest absolute Gasteiger partial charge is 0.326 e. The Morgan fingerprint density at radius 1 is 0.897 bits per heavy atom. The third-order valence-corrected chi connectivity index (χ3v) is 5.15. The fraction of sp³-hybridized carbons (Fsp3) is 0.111. The van der Waals surface area contributed by atoms with Crippen LogP contribution in [0.1, 0.15) is 20.7 Å². The summed E-state index contributed by atoms with van der Waals surface area (Å²) in [7, 11) is 0. The predicted octanol–water partition coefficient (Wildman–Crippen LogP) is 4.08.